The van der Waals surface area contributed by atoms with E-state index in [1.807, 2.05) is 55.8 Å². The van der Waals surface area contributed by atoms with Gasteiger partial charge in [0.05, 0.1) is 28.6 Å². The normalized spacial score (nSPS) is 15.9. The Morgan fingerprint density at radius 3 is 2.80 bits per heavy atom. The van der Waals surface area contributed by atoms with E-state index in [4.69, 9.17) is 4.98 Å². The number of carbonyl (C=O) groups is 2. The first kappa shape index (κ1) is 27.3. The molecule has 1 aliphatic heterocycles. The number of amides is 2. The van der Waals surface area contributed by atoms with Gasteiger partial charge in [0.1, 0.15) is 16.6 Å². The van der Waals surface area contributed by atoms with Gasteiger partial charge in [-0.25, -0.2) is 9.67 Å². The van der Waals surface area contributed by atoms with Crippen LogP contribution in [0.15, 0.2) is 60.4 Å². The third-order valence-corrected chi connectivity index (χ3v) is 7.80. The van der Waals surface area contributed by atoms with Crippen LogP contribution in [0, 0.1) is 16.7 Å². The number of anilines is 1. The summed E-state index contributed by atoms with van der Waals surface area (Å²) in [6, 6.07) is 12.8. The molecule has 2 amide bonds. The van der Waals surface area contributed by atoms with Crippen LogP contribution in [0.5, 0.6) is 0 Å². The number of thiophene rings is 1. The number of likely N-dealkylation sites (tertiary alicyclic amines) is 1. The fraction of sp³-hybridized carbons (Fsp3) is 0.345. The molecule has 206 valence electrons. The van der Waals surface area contributed by atoms with Gasteiger partial charge in [-0.2, -0.15) is 10.4 Å². The second-order valence-electron chi connectivity index (χ2n) is 10.9. The quantitative estimate of drug-likeness (QED) is 0.254. The van der Waals surface area contributed by atoms with Gasteiger partial charge >= 0.3 is 0 Å². The molecule has 11 heteroatoms. The highest BCUT2D eigenvalue weighted by Gasteiger charge is 2.32. The Morgan fingerprint density at radius 2 is 2.10 bits per heavy atom. The van der Waals surface area contributed by atoms with Crippen LogP contribution >= 0.6 is 11.3 Å². The zero-order valence-electron chi connectivity index (χ0n) is 22.7. The largest absolute Gasteiger partial charge is 0.392 e. The Bertz CT molecular complexity index is 1620. The van der Waals surface area contributed by atoms with Gasteiger partial charge in [0, 0.05) is 25.5 Å². The lowest BCUT2D eigenvalue weighted by atomic mass is 9.93. The molecule has 0 unspecified atom stereocenters. The van der Waals surface area contributed by atoms with Gasteiger partial charge in [-0.3, -0.25) is 14.9 Å². The summed E-state index contributed by atoms with van der Waals surface area (Å²) in [5, 5.41) is 27.4. The molecule has 5 rings (SSSR count). The van der Waals surface area contributed by atoms with Crippen LogP contribution in [0.25, 0.3) is 16.0 Å². The maximum Gasteiger partial charge on any atom is 0.268 e. The molecule has 4 aromatic rings. The molecule has 1 atom stereocenters. The summed E-state index contributed by atoms with van der Waals surface area (Å²) in [4.78, 5) is 33.6. The Balaban J connectivity index is 1.45. The number of aliphatic hydroxyl groups excluding tert-OH is 1. The van der Waals surface area contributed by atoms with Crippen molar-refractivity contribution >= 4 is 40.1 Å². The minimum absolute atomic E-state index is 0.127. The topological polar surface area (TPSA) is 129 Å². The number of benzene rings is 1. The zero-order chi connectivity index (χ0) is 28.4. The van der Waals surface area contributed by atoms with Crippen molar-refractivity contribution in [3.8, 4) is 11.1 Å². The number of fused-ring (bicyclic) bond motifs is 1. The molecule has 0 bridgehead atoms. The fourth-order valence-corrected chi connectivity index (χ4v) is 5.77. The Kier molecular flexibility index (Phi) is 7.56. The average Bonchev–Trinajstić information content (AvgIpc) is 3.73. The smallest absolute Gasteiger partial charge is 0.268 e. The lowest BCUT2D eigenvalue weighted by Gasteiger charge is -2.26. The van der Waals surface area contributed by atoms with Crippen LogP contribution < -0.4 is 5.32 Å². The van der Waals surface area contributed by atoms with Crippen LogP contribution in [-0.4, -0.2) is 53.7 Å². The van der Waals surface area contributed by atoms with Crippen molar-refractivity contribution < 1.29 is 14.7 Å². The first-order valence-corrected chi connectivity index (χ1v) is 13.9. The minimum atomic E-state index is -0.308. The number of hydrogen-bond acceptors (Lipinski definition) is 7. The van der Waals surface area contributed by atoms with Gasteiger partial charge in [-0.15, -0.1) is 11.3 Å². The maximum absolute atomic E-state index is 13.4. The van der Waals surface area contributed by atoms with Crippen LogP contribution in [0.3, 0.4) is 0 Å². The number of hydrogen-bond donors (Lipinski definition) is 2. The number of allylic oxidation sites excluding steroid dienone is 1. The standard InChI is InChI=1S/C29H31N7O3S/c1-29(2,3)15-20(16-30)27(39)34-12-4-6-21(34)17-35-23-8-7-19(18-37)14-22(23)32-28(35)33-26(38)24-9-10-25(40-24)36-13-5-11-31-36/h5,7-11,13-15,21,37H,4,6,12,17-18H2,1-3H3,(H,32,33,38)/b20-15+/t21-/m1/s1. The molecular weight excluding hydrogens is 526 g/mol. The molecule has 10 nitrogen and oxygen atoms in total. The van der Waals surface area contributed by atoms with Gasteiger partial charge in [0.15, 0.2) is 0 Å². The Labute approximate surface area is 236 Å². The van der Waals surface area contributed by atoms with Gasteiger partial charge in [-0.1, -0.05) is 32.9 Å². The van der Waals surface area contributed by atoms with E-state index < -0.39 is 0 Å². The van der Waals surface area contributed by atoms with E-state index in [-0.39, 0.29) is 35.5 Å². The molecule has 0 saturated carbocycles. The lowest BCUT2D eigenvalue weighted by molar-refractivity contribution is -0.127. The second kappa shape index (κ2) is 11.1. The van der Waals surface area contributed by atoms with Crippen molar-refractivity contribution in [3.05, 3.63) is 70.9 Å². The molecule has 1 saturated heterocycles. The first-order valence-electron chi connectivity index (χ1n) is 13.1. The number of aliphatic hydroxyl groups is 1. The summed E-state index contributed by atoms with van der Waals surface area (Å²) in [5.41, 5.74) is 1.95. The molecule has 3 aromatic heterocycles. The molecular formula is C29H31N7O3S. The third kappa shape index (κ3) is 5.68. The summed E-state index contributed by atoms with van der Waals surface area (Å²) >= 11 is 1.31. The van der Waals surface area contributed by atoms with Crippen LogP contribution in [0.2, 0.25) is 0 Å². The molecule has 1 aliphatic rings. The van der Waals surface area contributed by atoms with Gasteiger partial charge in [0.25, 0.3) is 11.8 Å². The van der Waals surface area contributed by atoms with E-state index in [2.05, 4.69) is 16.5 Å². The van der Waals surface area contributed by atoms with Crippen molar-refractivity contribution in [1.82, 2.24) is 24.2 Å². The summed E-state index contributed by atoms with van der Waals surface area (Å²) < 4.78 is 3.61. The van der Waals surface area contributed by atoms with Crippen molar-refractivity contribution in [3.63, 3.8) is 0 Å². The highest BCUT2D eigenvalue weighted by molar-refractivity contribution is 7.16. The number of aromatic nitrogens is 4. The zero-order valence-corrected chi connectivity index (χ0v) is 23.5. The molecule has 2 N–H and O–H groups in total. The van der Waals surface area contributed by atoms with Crippen molar-refractivity contribution in [2.45, 2.75) is 52.8 Å². The number of nitriles is 1. The van der Waals surface area contributed by atoms with Crippen molar-refractivity contribution in [2.24, 2.45) is 5.41 Å². The number of nitrogens with one attached hydrogen (secondary N) is 1. The molecule has 0 radical (unpaired) electrons. The van der Waals surface area contributed by atoms with E-state index in [0.717, 1.165) is 23.4 Å². The SMILES string of the molecule is CC(C)(C)/C=C(\C#N)C(=O)N1CCC[C@@H]1Cn1c(NC(=O)c2ccc(-n3cccn3)s2)nc2cc(CO)ccc21. The number of imidazole rings is 1. The number of carbonyl (C=O) groups excluding carboxylic acids is 2. The van der Waals surface area contributed by atoms with Crippen molar-refractivity contribution in [1.29, 1.82) is 5.26 Å². The highest BCUT2D eigenvalue weighted by Crippen LogP contribution is 2.29. The number of rotatable bonds is 7. The van der Waals surface area contributed by atoms with E-state index >= 15 is 0 Å². The average molecular weight is 558 g/mol. The van der Waals surface area contributed by atoms with E-state index in [1.165, 1.54) is 11.3 Å². The molecule has 40 heavy (non-hydrogen) atoms. The lowest BCUT2D eigenvalue weighted by Crippen LogP contribution is -2.39. The van der Waals surface area contributed by atoms with Gasteiger partial charge in [-0.05, 0) is 54.2 Å². The van der Waals surface area contributed by atoms with Gasteiger partial charge < -0.3 is 14.6 Å². The van der Waals surface area contributed by atoms with E-state index in [1.54, 1.807) is 34.0 Å². The van der Waals surface area contributed by atoms with E-state index in [0.29, 0.717) is 35.0 Å². The van der Waals surface area contributed by atoms with Crippen molar-refractivity contribution in [2.75, 3.05) is 11.9 Å². The maximum atomic E-state index is 13.4. The van der Waals surface area contributed by atoms with Crippen LogP contribution in [-0.2, 0) is 17.9 Å². The Hall–Kier alpha value is -4.27. The predicted octanol–water partition coefficient (Wildman–Crippen LogP) is 4.52. The number of nitrogens with zero attached hydrogens (tertiary/aromatic N) is 6. The van der Waals surface area contributed by atoms with E-state index in [9.17, 15) is 20.0 Å². The first-order chi connectivity index (χ1) is 19.2. The van der Waals surface area contributed by atoms with Crippen LogP contribution in [0.4, 0.5) is 5.95 Å². The summed E-state index contributed by atoms with van der Waals surface area (Å²) in [6.45, 7) is 6.69. The molecule has 0 spiro atoms. The predicted molar refractivity (Wildman–Crippen MR) is 153 cm³/mol. The van der Waals surface area contributed by atoms with Crippen LogP contribution in [0.1, 0.15) is 48.8 Å². The Morgan fingerprint density at radius 1 is 1.27 bits per heavy atom. The molecule has 1 fully saturated rings. The highest BCUT2D eigenvalue weighted by atomic mass is 32.1. The summed E-state index contributed by atoms with van der Waals surface area (Å²) in [6.07, 6.45) is 6.80. The fourth-order valence-electron chi connectivity index (χ4n) is 4.92. The summed E-state index contributed by atoms with van der Waals surface area (Å²) in [7, 11) is 0. The molecule has 0 aliphatic carbocycles. The van der Waals surface area contributed by atoms with Gasteiger partial charge in [0.2, 0.25) is 5.95 Å². The summed E-state index contributed by atoms with van der Waals surface area (Å²) in [5.74, 6) is -0.224. The second-order valence-corrected chi connectivity index (χ2v) is 12.0. The monoisotopic (exact) mass is 557 g/mol. The minimum Gasteiger partial charge on any atom is -0.392 e. The third-order valence-electron chi connectivity index (χ3n) is 6.73. The molecule has 1 aromatic carbocycles. The molecule has 4 heterocycles.